The molecule has 3 fully saturated rings. The minimum Gasteiger partial charge on any atom is -0.436 e. The first-order chi connectivity index (χ1) is 22.9. The summed E-state index contributed by atoms with van der Waals surface area (Å²) in [5.41, 5.74) is 4.99. The number of imidazole rings is 1. The Kier molecular flexibility index (Phi) is 9.10. The van der Waals surface area contributed by atoms with E-state index in [-0.39, 0.29) is 24.1 Å². The first kappa shape index (κ1) is 31.2. The molecule has 1 saturated carbocycles. The number of rotatable bonds is 7. The maximum Gasteiger partial charge on any atom is 0.410 e. The van der Waals surface area contributed by atoms with Gasteiger partial charge in [0, 0.05) is 64.0 Å². The fraction of sp³-hybridized carbons (Fsp3) is 0.514. The van der Waals surface area contributed by atoms with Gasteiger partial charge >= 0.3 is 11.8 Å². The van der Waals surface area contributed by atoms with Gasteiger partial charge < -0.3 is 19.5 Å². The molecule has 0 radical (unpaired) electrons. The molecule has 12 nitrogen and oxygen atoms in total. The Morgan fingerprint density at radius 3 is 2.40 bits per heavy atom. The fourth-order valence-electron chi connectivity index (χ4n) is 7.63. The number of aromatic nitrogens is 5. The number of hydrogen-bond donors (Lipinski definition) is 2. The van der Waals surface area contributed by atoms with E-state index in [1.807, 2.05) is 60.5 Å². The molecule has 0 spiro atoms. The summed E-state index contributed by atoms with van der Waals surface area (Å²) in [7, 11) is 0. The molecule has 1 atom stereocenters. The van der Waals surface area contributed by atoms with Crippen molar-refractivity contribution in [2.24, 2.45) is 0 Å². The molecule has 2 aliphatic heterocycles. The Labute approximate surface area is 274 Å². The predicted molar refractivity (Wildman–Crippen MR) is 178 cm³/mol. The quantitative estimate of drug-likeness (QED) is 0.308. The molecule has 2 aromatic carbocycles. The first-order valence-corrected chi connectivity index (χ1v) is 17.1. The van der Waals surface area contributed by atoms with Gasteiger partial charge in [0.2, 0.25) is 0 Å². The number of amides is 2. The fourth-order valence-corrected chi connectivity index (χ4v) is 7.63. The number of aromatic amines is 2. The molecule has 4 aromatic rings. The molecule has 12 heteroatoms. The minimum atomic E-state index is -0.953. The second-order valence-electron chi connectivity index (χ2n) is 13.3. The first-order valence-electron chi connectivity index (χ1n) is 17.1. The van der Waals surface area contributed by atoms with Crippen molar-refractivity contribution in [2.75, 3.05) is 39.3 Å². The summed E-state index contributed by atoms with van der Waals surface area (Å²) in [6, 6.07) is 14.3. The highest BCUT2D eigenvalue weighted by Gasteiger charge is 2.35. The highest BCUT2D eigenvalue weighted by atomic mass is 16.6. The molecule has 7 rings (SSSR count). The lowest BCUT2D eigenvalue weighted by Crippen LogP contribution is -2.55. The number of benzene rings is 2. The van der Waals surface area contributed by atoms with Crippen molar-refractivity contribution in [3.63, 3.8) is 0 Å². The zero-order chi connectivity index (χ0) is 32.3. The lowest BCUT2D eigenvalue weighted by atomic mass is 9.94. The number of carbonyl (C=O) groups excluding carboxylic acids is 2. The largest absolute Gasteiger partial charge is 0.436 e. The van der Waals surface area contributed by atoms with Crippen LogP contribution < -0.4 is 5.69 Å². The molecule has 3 aliphatic rings. The Hall–Kier alpha value is -4.45. The molecule has 2 N–H and O–H groups in total. The second-order valence-corrected chi connectivity index (χ2v) is 13.3. The molecule has 248 valence electrons. The van der Waals surface area contributed by atoms with Crippen molar-refractivity contribution < 1.29 is 14.3 Å². The smallest absolute Gasteiger partial charge is 0.410 e. The molecule has 2 saturated heterocycles. The van der Waals surface area contributed by atoms with E-state index in [0.29, 0.717) is 45.1 Å². The Bertz CT molecular complexity index is 1740. The van der Waals surface area contributed by atoms with E-state index in [1.54, 1.807) is 9.47 Å². The summed E-state index contributed by atoms with van der Waals surface area (Å²) in [4.78, 5) is 49.5. The van der Waals surface area contributed by atoms with Crippen LogP contribution in [0.4, 0.5) is 4.79 Å². The number of ether oxygens (including phenoxy) is 1. The molecular formula is C35H44N8O4. The van der Waals surface area contributed by atoms with Crippen LogP contribution in [0, 0.1) is 6.92 Å². The van der Waals surface area contributed by atoms with Gasteiger partial charge in [-0.2, -0.15) is 0 Å². The van der Waals surface area contributed by atoms with Crippen LogP contribution in [0.2, 0.25) is 0 Å². The van der Waals surface area contributed by atoms with Crippen molar-refractivity contribution >= 4 is 23.0 Å². The number of piperazine rings is 1. The van der Waals surface area contributed by atoms with Crippen LogP contribution in [0.25, 0.3) is 22.3 Å². The zero-order valence-electron chi connectivity index (χ0n) is 27.1. The third-order valence-electron chi connectivity index (χ3n) is 10.3. The van der Waals surface area contributed by atoms with Crippen LogP contribution in [0.3, 0.4) is 0 Å². The SMILES string of the molecule is Cc1cc(CC(OC(=O)N2CCC(n3cc(-c4ccccc4)[nH]c3=O)CC2)C(=O)N2CCN(C3CCCCC3)CC2)cc2nn[nH]c12. The third-order valence-corrected chi connectivity index (χ3v) is 10.3. The number of H-pyrrole nitrogens is 2. The van der Waals surface area contributed by atoms with Crippen LogP contribution in [-0.2, 0) is 16.0 Å². The monoisotopic (exact) mass is 640 g/mol. The summed E-state index contributed by atoms with van der Waals surface area (Å²) in [6.07, 6.45) is 8.27. The van der Waals surface area contributed by atoms with Gasteiger partial charge in [0.05, 0.1) is 11.2 Å². The molecular weight excluding hydrogens is 596 g/mol. The van der Waals surface area contributed by atoms with Gasteiger partial charge in [0.15, 0.2) is 6.10 Å². The van der Waals surface area contributed by atoms with E-state index in [2.05, 4.69) is 25.3 Å². The molecule has 1 unspecified atom stereocenters. The normalized spacial score (nSPS) is 19.3. The second kappa shape index (κ2) is 13.7. The molecule has 47 heavy (non-hydrogen) atoms. The van der Waals surface area contributed by atoms with Crippen LogP contribution in [0.5, 0.6) is 0 Å². The van der Waals surface area contributed by atoms with E-state index in [0.717, 1.165) is 46.5 Å². The lowest BCUT2D eigenvalue weighted by molar-refractivity contribution is -0.143. The number of nitrogens with zero attached hydrogens (tertiary/aromatic N) is 6. The maximum atomic E-state index is 14.0. The van der Waals surface area contributed by atoms with Gasteiger partial charge in [-0.3, -0.25) is 19.4 Å². The van der Waals surface area contributed by atoms with E-state index < -0.39 is 12.2 Å². The summed E-state index contributed by atoms with van der Waals surface area (Å²) < 4.78 is 7.82. The Morgan fingerprint density at radius 2 is 1.66 bits per heavy atom. The van der Waals surface area contributed by atoms with E-state index in [9.17, 15) is 14.4 Å². The lowest BCUT2D eigenvalue weighted by Gasteiger charge is -2.41. The summed E-state index contributed by atoms with van der Waals surface area (Å²) in [5.74, 6) is -0.151. The van der Waals surface area contributed by atoms with Gasteiger partial charge in [-0.1, -0.05) is 60.9 Å². The number of aryl methyl sites for hydroxylation is 1. The van der Waals surface area contributed by atoms with Gasteiger partial charge in [-0.15, -0.1) is 5.10 Å². The van der Waals surface area contributed by atoms with E-state index >= 15 is 0 Å². The topological polar surface area (TPSA) is 132 Å². The zero-order valence-corrected chi connectivity index (χ0v) is 27.1. The van der Waals surface area contributed by atoms with Crippen LogP contribution >= 0.6 is 0 Å². The van der Waals surface area contributed by atoms with Crippen molar-refractivity contribution in [1.29, 1.82) is 0 Å². The Morgan fingerprint density at radius 1 is 0.915 bits per heavy atom. The van der Waals surface area contributed by atoms with Crippen LogP contribution in [0.1, 0.15) is 62.1 Å². The number of fused-ring (bicyclic) bond motifs is 1. The molecule has 2 aromatic heterocycles. The summed E-state index contributed by atoms with van der Waals surface area (Å²) in [5, 5.41) is 11.0. The number of piperidine rings is 1. The van der Waals surface area contributed by atoms with Gasteiger partial charge in [0.1, 0.15) is 5.52 Å². The van der Waals surface area contributed by atoms with Crippen LogP contribution in [0.15, 0.2) is 53.5 Å². The van der Waals surface area contributed by atoms with Gasteiger partial charge in [-0.05, 0) is 55.4 Å². The van der Waals surface area contributed by atoms with Crippen molar-refractivity contribution in [1.82, 2.24) is 39.7 Å². The standard InChI is InChI=1S/C35H44N8O4/c1-24-20-25(21-29-32(24)38-39-37-29)22-31(33(44)41-18-16-40(17-19-41)27-10-6-3-7-11-27)47-35(46)42-14-12-28(13-15-42)43-23-30(36-34(43)45)26-8-4-2-5-9-26/h2,4-5,8-9,20-21,23,27-28,31H,3,6-7,10-19,22H2,1H3,(H,36,45)(H,37,38,39). The molecule has 0 bridgehead atoms. The third kappa shape index (κ3) is 6.83. The van der Waals surface area contributed by atoms with E-state index in [1.165, 1.54) is 32.1 Å². The predicted octanol–water partition coefficient (Wildman–Crippen LogP) is 4.28. The molecule has 2 amide bonds. The highest BCUT2D eigenvalue weighted by Crippen LogP contribution is 2.27. The summed E-state index contributed by atoms with van der Waals surface area (Å²) in [6.45, 7) is 5.80. The van der Waals surface area contributed by atoms with Gasteiger partial charge in [0.25, 0.3) is 5.91 Å². The molecule has 1 aliphatic carbocycles. The van der Waals surface area contributed by atoms with Crippen molar-refractivity contribution in [3.8, 4) is 11.3 Å². The molecule has 4 heterocycles. The van der Waals surface area contributed by atoms with Crippen LogP contribution in [-0.4, -0.2) is 103 Å². The number of likely N-dealkylation sites (tertiary alicyclic amines) is 1. The number of carbonyl (C=O) groups is 2. The number of nitrogens with one attached hydrogen (secondary N) is 2. The van der Waals surface area contributed by atoms with Crippen molar-refractivity contribution in [2.45, 2.75) is 76.5 Å². The Balaban J connectivity index is 1.02. The van der Waals surface area contributed by atoms with E-state index in [4.69, 9.17) is 4.74 Å². The van der Waals surface area contributed by atoms with Crippen molar-refractivity contribution in [3.05, 3.63) is 70.3 Å². The average molecular weight is 641 g/mol. The minimum absolute atomic E-state index is 0.0321. The summed E-state index contributed by atoms with van der Waals surface area (Å²) >= 11 is 0. The number of hydrogen-bond acceptors (Lipinski definition) is 7. The average Bonchev–Trinajstić information content (AvgIpc) is 3.76. The highest BCUT2D eigenvalue weighted by molar-refractivity contribution is 5.84. The maximum absolute atomic E-state index is 14.0. The van der Waals surface area contributed by atoms with Gasteiger partial charge in [-0.25, -0.2) is 9.59 Å².